The smallest absolute Gasteiger partial charge is 0.0375 e. The highest BCUT2D eigenvalue weighted by atomic mass is 79.9. The lowest BCUT2D eigenvalue weighted by molar-refractivity contribution is 0.346. The van der Waals surface area contributed by atoms with E-state index in [0.717, 1.165) is 23.1 Å². The third kappa shape index (κ3) is 3.94. The highest BCUT2D eigenvalue weighted by Crippen LogP contribution is 2.27. The molecule has 0 aromatic heterocycles. The van der Waals surface area contributed by atoms with Crippen molar-refractivity contribution >= 4 is 21.6 Å². The molecule has 3 nitrogen and oxygen atoms in total. The molecular formula is C15H24BrN3. The van der Waals surface area contributed by atoms with Crippen LogP contribution in [0.3, 0.4) is 0 Å². The van der Waals surface area contributed by atoms with Crippen LogP contribution in [0.5, 0.6) is 0 Å². The summed E-state index contributed by atoms with van der Waals surface area (Å²) in [5.74, 6) is 0. The van der Waals surface area contributed by atoms with Gasteiger partial charge in [-0.2, -0.15) is 0 Å². The van der Waals surface area contributed by atoms with Gasteiger partial charge in [0.05, 0.1) is 0 Å². The van der Waals surface area contributed by atoms with Gasteiger partial charge in [0.1, 0.15) is 0 Å². The highest BCUT2D eigenvalue weighted by molar-refractivity contribution is 9.10. The second kappa shape index (κ2) is 6.73. The Morgan fingerprint density at radius 2 is 2.05 bits per heavy atom. The summed E-state index contributed by atoms with van der Waals surface area (Å²) < 4.78 is 1.10. The number of nitrogens with two attached hydrogens (primary N) is 1. The minimum Gasteiger partial charge on any atom is -0.373 e. The summed E-state index contributed by atoms with van der Waals surface area (Å²) in [6, 6.07) is 6.52. The normalized spacial score (nSPS) is 17.7. The van der Waals surface area contributed by atoms with Crippen molar-refractivity contribution in [1.29, 1.82) is 0 Å². The second-order valence-electron chi connectivity index (χ2n) is 5.46. The Labute approximate surface area is 124 Å². The fourth-order valence-corrected chi connectivity index (χ4v) is 3.28. The van der Waals surface area contributed by atoms with Gasteiger partial charge in [0.2, 0.25) is 0 Å². The number of nitrogens with zero attached hydrogens (tertiary/aromatic N) is 2. The predicted molar refractivity (Wildman–Crippen MR) is 85.7 cm³/mol. The lowest BCUT2D eigenvalue weighted by atomic mass is 10.1. The molecule has 1 fully saturated rings. The number of likely N-dealkylation sites (N-methyl/N-ethyl adjacent to an activating group) is 1. The van der Waals surface area contributed by atoms with E-state index < -0.39 is 0 Å². The molecule has 2 N–H and O–H groups in total. The maximum atomic E-state index is 5.93. The van der Waals surface area contributed by atoms with Crippen LogP contribution in [0.15, 0.2) is 22.7 Å². The van der Waals surface area contributed by atoms with E-state index in [-0.39, 0.29) is 6.04 Å². The topological polar surface area (TPSA) is 32.5 Å². The standard InChI is InChI=1S/C15H24BrN3/c1-12(17)14-6-5-13(11-15(14)16)18(2)9-10-19-7-3-4-8-19/h5-6,11-12H,3-4,7-10,17H2,1-2H3/t12-/m1/s1. The van der Waals surface area contributed by atoms with E-state index in [1.54, 1.807) is 0 Å². The molecule has 1 aromatic carbocycles. The van der Waals surface area contributed by atoms with Crippen molar-refractivity contribution in [2.45, 2.75) is 25.8 Å². The first-order valence-electron chi connectivity index (χ1n) is 7.06. The number of halogens is 1. The minimum atomic E-state index is 0.0679. The number of hydrogen-bond acceptors (Lipinski definition) is 3. The van der Waals surface area contributed by atoms with Gasteiger partial charge in [-0.3, -0.25) is 0 Å². The van der Waals surface area contributed by atoms with Gasteiger partial charge in [-0.05, 0) is 50.6 Å². The van der Waals surface area contributed by atoms with Crippen LogP contribution in [-0.2, 0) is 0 Å². The van der Waals surface area contributed by atoms with Crippen LogP contribution >= 0.6 is 15.9 Å². The van der Waals surface area contributed by atoms with Gasteiger partial charge in [0.25, 0.3) is 0 Å². The Morgan fingerprint density at radius 3 is 2.63 bits per heavy atom. The lowest BCUT2D eigenvalue weighted by Gasteiger charge is -2.24. The zero-order valence-electron chi connectivity index (χ0n) is 11.9. The summed E-state index contributed by atoms with van der Waals surface area (Å²) in [5, 5.41) is 0. The molecule has 2 rings (SSSR count). The van der Waals surface area contributed by atoms with E-state index in [2.05, 4.69) is 51.0 Å². The Hall–Kier alpha value is -0.580. The molecule has 0 amide bonds. The van der Waals surface area contributed by atoms with Crippen LogP contribution in [0.1, 0.15) is 31.4 Å². The fourth-order valence-electron chi connectivity index (χ4n) is 2.55. The van der Waals surface area contributed by atoms with E-state index in [0.29, 0.717) is 0 Å². The van der Waals surface area contributed by atoms with E-state index >= 15 is 0 Å². The van der Waals surface area contributed by atoms with Crippen LogP contribution in [0.4, 0.5) is 5.69 Å². The monoisotopic (exact) mass is 325 g/mol. The second-order valence-corrected chi connectivity index (χ2v) is 6.32. The summed E-state index contributed by atoms with van der Waals surface area (Å²) in [4.78, 5) is 4.86. The van der Waals surface area contributed by atoms with E-state index in [1.807, 2.05) is 6.92 Å². The van der Waals surface area contributed by atoms with Crippen LogP contribution < -0.4 is 10.6 Å². The highest BCUT2D eigenvalue weighted by Gasteiger charge is 2.13. The molecule has 0 radical (unpaired) electrons. The summed E-state index contributed by atoms with van der Waals surface area (Å²) in [7, 11) is 2.16. The van der Waals surface area contributed by atoms with Crippen molar-refractivity contribution in [3.63, 3.8) is 0 Å². The van der Waals surface area contributed by atoms with Crippen molar-refractivity contribution in [2.75, 3.05) is 38.1 Å². The van der Waals surface area contributed by atoms with Crippen molar-refractivity contribution < 1.29 is 0 Å². The Morgan fingerprint density at radius 1 is 1.37 bits per heavy atom. The van der Waals surface area contributed by atoms with Crippen molar-refractivity contribution in [3.05, 3.63) is 28.2 Å². The first-order valence-corrected chi connectivity index (χ1v) is 7.86. The molecule has 1 atom stereocenters. The summed E-state index contributed by atoms with van der Waals surface area (Å²) in [6.45, 7) is 6.77. The maximum absolute atomic E-state index is 5.93. The predicted octanol–water partition coefficient (Wildman–Crippen LogP) is 3.00. The molecular weight excluding hydrogens is 302 g/mol. The molecule has 1 aromatic rings. The van der Waals surface area contributed by atoms with Crippen molar-refractivity contribution in [3.8, 4) is 0 Å². The fraction of sp³-hybridized carbons (Fsp3) is 0.600. The molecule has 0 bridgehead atoms. The lowest BCUT2D eigenvalue weighted by Crippen LogP contribution is -2.31. The van der Waals surface area contributed by atoms with Crippen LogP contribution in [-0.4, -0.2) is 38.1 Å². The first kappa shape index (κ1) is 14.8. The average molecular weight is 326 g/mol. The molecule has 1 aliphatic rings. The molecule has 19 heavy (non-hydrogen) atoms. The van der Waals surface area contributed by atoms with Gasteiger partial charge < -0.3 is 15.5 Å². The van der Waals surface area contributed by atoms with Gasteiger partial charge in [0, 0.05) is 36.3 Å². The molecule has 0 saturated carbocycles. The molecule has 1 heterocycles. The Kier molecular flexibility index (Phi) is 5.25. The summed E-state index contributed by atoms with van der Waals surface area (Å²) >= 11 is 3.62. The van der Waals surface area contributed by atoms with Gasteiger partial charge in [-0.15, -0.1) is 0 Å². The largest absolute Gasteiger partial charge is 0.373 e. The Balaban J connectivity index is 1.94. The number of likely N-dealkylation sites (tertiary alicyclic amines) is 1. The third-order valence-corrected chi connectivity index (χ3v) is 4.55. The van der Waals surface area contributed by atoms with Crippen molar-refractivity contribution in [1.82, 2.24) is 4.90 Å². The number of rotatable bonds is 5. The first-order chi connectivity index (χ1) is 9.08. The molecule has 0 unspecified atom stereocenters. The van der Waals surface area contributed by atoms with Gasteiger partial charge in [-0.1, -0.05) is 22.0 Å². The van der Waals surface area contributed by atoms with Gasteiger partial charge >= 0.3 is 0 Å². The third-order valence-electron chi connectivity index (χ3n) is 3.87. The molecule has 4 heteroatoms. The summed E-state index contributed by atoms with van der Waals surface area (Å²) in [5.41, 5.74) is 8.34. The zero-order chi connectivity index (χ0) is 13.8. The van der Waals surface area contributed by atoms with Crippen LogP contribution in [0.25, 0.3) is 0 Å². The van der Waals surface area contributed by atoms with Crippen LogP contribution in [0, 0.1) is 0 Å². The maximum Gasteiger partial charge on any atom is 0.0375 e. The van der Waals surface area contributed by atoms with Crippen LogP contribution in [0.2, 0.25) is 0 Å². The summed E-state index contributed by atoms with van der Waals surface area (Å²) in [6.07, 6.45) is 2.72. The molecule has 106 valence electrons. The quantitative estimate of drug-likeness (QED) is 0.903. The van der Waals surface area contributed by atoms with E-state index in [1.165, 1.54) is 31.6 Å². The van der Waals surface area contributed by atoms with Gasteiger partial charge in [0.15, 0.2) is 0 Å². The average Bonchev–Trinajstić information content (AvgIpc) is 2.88. The number of hydrogen-bond donors (Lipinski definition) is 1. The van der Waals surface area contributed by atoms with E-state index in [9.17, 15) is 0 Å². The van der Waals surface area contributed by atoms with Gasteiger partial charge in [-0.25, -0.2) is 0 Å². The molecule has 1 aliphatic heterocycles. The number of anilines is 1. The molecule has 1 saturated heterocycles. The van der Waals surface area contributed by atoms with Crippen molar-refractivity contribution in [2.24, 2.45) is 5.73 Å². The molecule has 0 aliphatic carbocycles. The minimum absolute atomic E-state index is 0.0679. The number of benzene rings is 1. The SMILES string of the molecule is C[C@@H](N)c1ccc(N(C)CCN2CCCC2)cc1Br. The van der Waals surface area contributed by atoms with E-state index in [4.69, 9.17) is 5.73 Å². The zero-order valence-corrected chi connectivity index (χ0v) is 13.5. The Bertz CT molecular complexity index is 414. The molecule has 0 spiro atoms.